The molecule has 160 valence electrons. The number of sulfonamides is 1. The molecule has 1 aliphatic rings. The van der Waals surface area contributed by atoms with Gasteiger partial charge in [0.15, 0.2) is 0 Å². The molecule has 0 radical (unpaired) electrons. The van der Waals surface area contributed by atoms with Gasteiger partial charge >= 0.3 is 0 Å². The Morgan fingerprint density at radius 1 is 1.30 bits per heavy atom. The second-order valence-electron chi connectivity index (χ2n) is 7.07. The van der Waals surface area contributed by atoms with E-state index in [-0.39, 0.29) is 23.1 Å². The molecule has 2 aromatic carbocycles. The van der Waals surface area contributed by atoms with Crippen LogP contribution in [-0.2, 0) is 14.8 Å². The van der Waals surface area contributed by atoms with Crippen molar-refractivity contribution in [3.8, 4) is 5.75 Å². The summed E-state index contributed by atoms with van der Waals surface area (Å²) < 4.78 is 38.5. The third kappa shape index (κ3) is 5.69. The summed E-state index contributed by atoms with van der Waals surface area (Å²) in [6.45, 7) is 6.69. The number of carbonyl (C=O) groups is 1. The van der Waals surface area contributed by atoms with E-state index in [0.29, 0.717) is 18.0 Å². The van der Waals surface area contributed by atoms with Crippen molar-refractivity contribution in [1.29, 1.82) is 0 Å². The molecule has 0 bridgehead atoms. The fourth-order valence-corrected chi connectivity index (χ4v) is 4.11. The number of carbonyl (C=O) groups excluding carboxylic acids is 1. The van der Waals surface area contributed by atoms with Gasteiger partial charge in [0, 0.05) is 18.7 Å². The molecule has 1 unspecified atom stereocenters. The zero-order valence-corrected chi connectivity index (χ0v) is 17.7. The monoisotopic (exact) mass is 430 g/mol. The maximum absolute atomic E-state index is 12.8. The van der Waals surface area contributed by atoms with Crippen molar-refractivity contribution in [2.24, 2.45) is 0 Å². The van der Waals surface area contributed by atoms with Crippen LogP contribution in [0.2, 0.25) is 0 Å². The lowest BCUT2D eigenvalue weighted by atomic mass is 10.1. The van der Waals surface area contributed by atoms with Crippen LogP contribution >= 0.6 is 0 Å². The zero-order chi connectivity index (χ0) is 21.6. The van der Waals surface area contributed by atoms with E-state index in [1.54, 1.807) is 12.1 Å². The molecule has 0 saturated carbocycles. The normalized spacial score (nSPS) is 16.2. The van der Waals surface area contributed by atoms with Crippen LogP contribution in [0.15, 0.2) is 60.0 Å². The highest BCUT2D eigenvalue weighted by Crippen LogP contribution is 2.27. The highest BCUT2D eigenvalue weighted by Gasteiger charge is 2.19. The molecule has 30 heavy (non-hydrogen) atoms. The average molecular weight is 431 g/mol. The van der Waals surface area contributed by atoms with Crippen LogP contribution in [0.4, 0.5) is 5.69 Å². The van der Waals surface area contributed by atoms with E-state index in [1.807, 2.05) is 19.1 Å². The minimum absolute atomic E-state index is 0.00996. The molecule has 0 aromatic heterocycles. The first-order valence-corrected chi connectivity index (χ1v) is 11.2. The van der Waals surface area contributed by atoms with Crippen molar-refractivity contribution >= 4 is 21.6 Å². The molecule has 7 nitrogen and oxygen atoms in total. The fourth-order valence-electron chi connectivity index (χ4n) is 3.06. The van der Waals surface area contributed by atoms with E-state index in [4.69, 9.17) is 9.47 Å². The number of hydrogen-bond donors (Lipinski definition) is 2. The third-order valence-corrected chi connectivity index (χ3v) is 6.08. The molecular weight excluding hydrogens is 404 g/mol. The molecule has 8 heteroatoms. The maximum atomic E-state index is 12.8. The Balaban J connectivity index is 1.75. The highest BCUT2D eigenvalue weighted by molar-refractivity contribution is 7.89. The van der Waals surface area contributed by atoms with Gasteiger partial charge in [0.2, 0.25) is 10.0 Å². The third-order valence-electron chi connectivity index (χ3n) is 4.66. The minimum Gasteiger partial charge on any atom is -0.489 e. The van der Waals surface area contributed by atoms with Gasteiger partial charge in [0.25, 0.3) is 5.91 Å². The van der Waals surface area contributed by atoms with Gasteiger partial charge in [0.1, 0.15) is 12.4 Å². The Hall–Kier alpha value is -2.68. The second kappa shape index (κ2) is 9.88. The quantitative estimate of drug-likeness (QED) is 0.596. The summed E-state index contributed by atoms with van der Waals surface area (Å²) in [4.78, 5) is 12.8. The van der Waals surface area contributed by atoms with Crippen LogP contribution in [0, 0.1) is 6.92 Å². The number of benzene rings is 2. The van der Waals surface area contributed by atoms with Gasteiger partial charge in [-0.2, -0.15) is 0 Å². The SMILES string of the molecule is C=CCNS(=O)(=O)c1cccc(C(=O)Nc2ccc(C)cc2OCC2CCCO2)c1. The van der Waals surface area contributed by atoms with Gasteiger partial charge in [0.05, 0.1) is 16.7 Å². The number of amides is 1. The van der Waals surface area contributed by atoms with Gasteiger partial charge in [-0.3, -0.25) is 4.79 Å². The summed E-state index contributed by atoms with van der Waals surface area (Å²) >= 11 is 0. The Kier molecular flexibility index (Phi) is 7.25. The van der Waals surface area contributed by atoms with E-state index in [9.17, 15) is 13.2 Å². The number of anilines is 1. The maximum Gasteiger partial charge on any atom is 0.255 e. The Labute approximate surface area is 177 Å². The van der Waals surface area contributed by atoms with Gasteiger partial charge in [-0.15, -0.1) is 6.58 Å². The first-order valence-electron chi connectivity index (χ1n) is 9.76. The van der Waals surface area contributed by atoms with E-state index in [0.717, 1.165) is 25.0 Å². The smallest absolute Gasteiger partial charge is 0.255 e. The predicted molar refractivity (Wildman–Crippen MR) is 115 cm³/mol. The summed E-state index contributed by atoms with van der Waals surface area (Å²) in [6, 6.07) is 11.3. The largest absolute Gasteiger partial charge is 0.489 e. The van der Waals surface area contributed by atoms with Crippen LogP contribution < -0.4 is 14.8 Å². The van der Waals surface area contributed by atoms with Crippen molar-refractivity contribution in [1.82, 2.24) is 4.72 Å². The molecule has 1 heterocycles. The molecule has 0 aliphatic carbocycles. The molecule has 1 fully saturated rings. The lowest BCUT2D eigenvalue weighted by Crippen LogP contribution is -2.24. The summed E-state index contributed by atoms with van der Waals surface area (Å²) in [6.07, 6.45) is 3.48. The molecular formula is C22H26N2O5S. The van der Waals surface area contributed by atoms with Gasteiger partial charge in [-0.25, -0.2) is 13.1 Å². The number of nitrogens with one attached hydrogen (secondary N) is 2. The molecule has 2 N–H and O–H groups in total. The lowest BCUT2D eigenvalue weighted by molar-refractivity contribution is 0.0681. The molecule has 0 spiro atoms. The first kappa shape index (κ1) is 22.0. The number of hydrogen-bond acceptors (Lipinski definition) is 5. The molecule has 1 atom stereocenters. The Morgan fingerprint density at radius 2 is 2.13 bits per heavy atom. The highest BCUT2D eigenvalue weighted by atomic mass is 32.2. The topological polar surface area (TPSA) is 93.7 Å². The van der Waals surface area contributed by atoms with Gasteiger partial charge < -0.3 is 14.8 Å². The van der Waals surface area contributed by atoms with Crippen molar-refractivity contribution < 1.29 is 22.7 Å². The van der Waals surface area contributed by atoms with Gasteiger partial charge in [-0.1, -0.05) is 18.2 Å². The zero-order valence-electron chi connectivity index (χ0n) is 16.9. The molecule has 1 aliphatic heterocycles. The van der Waals surface area contributed by atoms with Crippen molar-refractivity contribution in [2.75, 3.05) is 25.1 Å². The lowest BCUT2D eigenvalue weighted by Gasteiger charge is -2.16. The number of aryl methyl sites for hydroxylation is 1. The predicted octanol–water partition coefficient (Wildman–Crippen LogP) is 3.27. The molecule has 1 saturated heterocycles. The summed E-state index contributed by atoms with van der Waals surface area (Å²) in [5, 5.41) is 2.82. The molecule has 1 amide bonds. The minimum atomic E-state index is -3.72. The molecule has 2 aromatic rings. The standard InChI is InChI=1S/C22H26N2O5S/c1-3-11-23-30(26,27)19-8-4-6-17(14-19)22(25)24-20-10-9-16(2)13-21(20)29-15-18-7-5-12-28-18/h3-4,6,8-10,13-14,18,23H,1,5,7,11-12,15H2,2H3,(H,24,25). The Bertz CT molecular complexity index is 1010. The average Bonchev–Trinajstić information content (AvgIpc) is 3.26. The van der Waals surface area contributed by atoms with Gasteiger partial charge in [-0.05, 0) is 55.7 Å². The Morgan fingerprint density at radius 3 is 2.87 bits per heavy atom. The number of rotatable bonds is 9. The van der Waals surface area contributed by atoms with Crippen LogP contribution in [0.3, 0.4) is 0 Å². The van der Waals surface area contributed by atoms with Crippen LogP contribution in [0.25, 0.3) is 0 Å². The van der Waals surface area contributed by atoms with Crippen LogP contribution in [-0.4, -0.2) is 40.2 Å². The summed E-state index contributed by atoms with van der Waals surface area (Å²) in [5.41, 5.74) is 1.74. The van der Waals surface area contributed by atoms with Crippen LogP contribution in [0.1, 0.15) is 28.8 Å². The van der Waals surface area contributed by atoms with Crippen molar-refractivity contribution in [3.63, 3.8) is 0 Å². The second-order valence-corrected chi connectivity index (χ2v) is 8.84. The number of ether oxygens (including phenoxy) is 2. The summed E-state index contributed by atoms with van der Waals surface area (Å²) in [7, 11) is -3.72. The molecule has 3 rings (SSSR count). The van der Waals surface area contributed by atoms with E-state index in [2.05, 4.69) is 16.6 Å². The van der Waals surface area contributed by atoms with Crippen LogP contribution in [0.5, 0.6) is 5.75 Å². The summed E-state index contributed by atoms with van der Waals surface area (Å²) in [5.74, 6) is 0.122. The first-order chi connectivity index (χ1) is 14.4. The van der Waals surface area contributed by atoms with Crippen molar-refractivity contribution in [2.45, 2.75) is 30.8 Å². The van der Waals surface area contributed by atoms with Crippen molar-refractivity contribution in [3.05, 3.63) is 66.2 Å². The fraction of sp³-hybridized carbons (Fsp3) is 0.318. The van der Waals surface area contributed by atoms with E-state index >= 15 is 0 Å². The van der Waals surface area contributed by atoms with E-state index in [1.165, 1.54) is 24.3 Å². The van der Waals surface area contributed by atoms with E-state index < -0.39 is 15.9 Å².